The Hall–Kier alpha value is -1.19. The van der Waals surface area contributed by atoms with Gasteiger partial charge in [-0.05, 0) is 43.7 Å². The van der Waals surface area contributed by atoms with Gasteiger partial charge in [0.15, 0.2) is 0 Å². The van der Waals surface area contributed by atoms with Crippen LogP contribution in [0, 0.1) is 19.7 Å². The molecule has 1 N–H and O–H groups in total. The lowest BCUT2D eigenvalue weighted by Gasteiger charge is -2.21. The Balaban J connectivity index is 2.49. The molecule has 0 heterocycles. The van der Waals surface area contributed by atoms with Crippen molar-refractivity contribution in [1.29, 1.82) is 0 Å². The number of aryl methyl sites for hydroxylation is 2. The second-order valence-corrected chi connectivity index (χ2v) is 5.88. The lowest BCUT2D eigenvalue weighted by molar-refractivity contribution is 0.558. The van der Waals surface area contributed by atoms with Gasteiger partial charge in [0.2, 0.25) is 0 Å². The van der Waals surface area contributed by atoms with Crippen molar-refractivity contribution in [3.05, 3.63) is 68.9 Å². The molecule has 3 heteroatoms. The molecule has 0 aliphatic rings. The summed E-state index contributed by atoms with van der Waals surface area (Å²) in [7, 11) is 0. The SMILES string of the molecule is CCNC(c1ccc(C)c(Br)c1)c1cc(C)ccc1F. The molecule has 0 amide bonds. The molecule has 1 nitrogen and oxygen atoms in total. The van der Waals surface area contributed by atoms with E-state index >= 15 is 0 Å². The van der Waals surface area contributed by atoms with Crippen LogP contribution in [0.15, 0.2) is 40.9 Å². The molecule has 20 heavy (non-hydrogen) atoms. The van der Waals surface area contributed by atoms with Crippen LogP contribution < -0.4 is 5.32 Å². The highest BCUT2D eigenvalue weighted by molar-refractivity contribution is 9.10. The van der Waals surface area contributed by atoms with Crippen molar-refractivity contribution >= 4 is 15.9 Å². The zero-order chi connectivity index (χ0) is 14.7. The Labute approximate surface area is 128 Å². The molecule has 2 rings (SSSR count). The molecular weight excluding hydrogens is 317 g/mol. The molecule has 0 aliphatic heterocycles. The van der Waals surface area contributed by atoms with E-state index in [4.69, 9.17) is 0 Å². The van der Waals surface area contributed by atoms with Crippen LogP contribution in [0.2, 0.25) is 0 Å². The van der Waals surface area contributed by atoms with E-state index in [-0.39, 0.29) is 11.9 Å². The van der Waals surface area contributed by atoms with E-state index in [1.807, 2.05) is 26.8 Å². The molecule has 0 saturated heterocycles. The summed E-state index contributed by atoms with van der Waals surface area (Å²) in [5.74, 6) is -0.168. The number of rotatable bonds is 4. The maximum absolute atomic E-state index is 14.2. The van der Waals surface area contributed by atoms with Gasteiger partial charge >= 0.3 is 0 Å². The molecule has 0 aromatic heterocycles. The number of hydrogen-bond acceptors (Lipinski definition) is 1. The first kappa shape index (κ1) is 15.2. The highest BCUT2D eigenvalue weighted by atomic mass is 79.9. The molecule has 0 bridgehead atoms. The normalized spacial score (nSPS) is 12.4. The first-order valence-electron chi connectivity index (χ1n) is 6.78. The van der Waals surface area contributed by atoms with Gasteiger partial charge in [-0.1, -0.05) is 52.7 Å². The number of hydrogen-bond donors (Lipinski definition) is 1. The van der Waals surface area contributed by atoms with Crippen LogP contribution in [0.25, 0.3) is 0 Å². The van der Waals surface area contributed by atoms with E-state index in [1.54, 1.807) is 6.07 Å². The predicted octanol–water partition coefficient (Wildman–Crippen LogP) is 4.90. The largest absolute Gasteiger partial charge is 0.306 e. The summed E-state index contributed by atoms with van der Waals surface area (Å²) < 4.78 is 15.2. The highest BCUT2D eigenvalue weighted by Gasteiger charge is 2.17. The van der Waals surface area contributed by atoms with Gasteiger partial charge in [0.05, 0.1) is 6.04 Å². The molecular formula is C17H19BrFN. The summed E-state index contributed by atoms with van der Waals surface area (Å²) >= 11 is 3.55. The number of benzene rings is 2. The van der Waals surface area contributed by atoms with Crippen molar-refractivity contribution in [1.82, 2.24) is 5.32 Å². The minimum absolute atomic E-state index is 0.128. The third kappa shape index (κ3) is 3.28. The standard InChI is InChI=1S/C17H19BrFN/c1-4-20-17(13-7-6-12(3)15(18)10-13)14-9-11(2)5-8-16(14)19/h5-10,17,20H,4H2,1-3H3. The van der Waals surface area contributed by atoms with Crippen molar-refractivity contribution in [3.8, 4) is 0 Å². The second kappa shape index (κ2) is 6.51. The number of nitrogens with one attached hydrogen (secondary N) is 1. The van der Waals surface area contributed by atoms with Crippen molar-refractivity contribution in [2.75, 3.05) is 6.54 Å². The summed E-state index contributed by atoms with van der Waals surface area (Å²) in [5.41, 5.74) is 4.00. The Morgan fingerprint density at radius 1 is 1.15 bits per heavy atom. The van der Waals surface area contributed by atoms with Gasteiger partial charge in [-0.15, -0.1) is 0 Å². The Morgan fingerprint density at radius 2 is 1.90 bits per heavy atom. The van der Waals surface area contributed by atoms with E-state index in [0.717, 1.165) is 22.1 Å². The van der Waals surface area contributed by atoms with E-state index in [2.05, 4.69) is 39.4 Å². The second-order valence-electron chi connectivity index (χ2n) is 5.02. The molecule has 106 valence electrons. The van der Waals surface area contributed by atoms with Gasteiger partial charge in [-0.2, -0.15) is 0 Å². The molecule has 1 unspecified atom stereocenters. The minimum atomic E-state index is -0.168. The number of halogens is 2. The van der Waals surface area contributed by atoms with Crippen LogP contribution in [0.1, 0.15) is 35.2 Å². The van der Waals surface area contributed by atoms with Crippen LogP contribution in [-0.4, -0.2) is 6.54 Å². The van der Waals surface area contributed by atoms with Crippen molar-refractivity contribution in [2.45, 2.75) is 26.8 Å². The van der Waals surface area contributed by atoms with Crippen molar-refractivity contribution in [3.63, 3.8) is 0 Å². The lowest BCUT2D eigenvalue weighted by atomic mass is 9.96. The van der Waals surface area contributed by atoms with E-state index in [0.29, 0.717) is 5.56 Å². The lowest BCUT2D eigenvalue weighted by Crippen LogP contribution is -2.23. The van der Waals surface area contributed by atoms with Gasteiger partial charge in [0.1, 0.15) is 5.82 Å². The van der Waals surface area contributed by atoms with Crippen molar-refractivity contribution < 1.29 is 4.39 Å². The van der Waals surface area contributed by atoms with E-state index < -0.39 is 0 Å². The maximum Gasteiger partial charge on any atom is 0.128 e. The fourth-order valence-corrected chi connectivity index (χ4v) is 2.68. The Kier molecular flexibility index (Phi) is 4.95. The zero-order valence-electron chi connectivity index (χ0n) is 12.0. The first-order valence-corrected chi connectivity index (χ1v) is 7.57. The first-order chi connectivity index (χ1) is 9.52. The van der Waals surface area contributed by atoms with Crippen LogP contribution in [0.3, 0.4) is 0 Å². The summed E-state index contributed by atoms with van der Waals surface area (Å²) in [6, 6.07) is 11.3. The van der Waals surface area contributed by atoms with Gasteiger partial charge in [-0.3, -0.25) is 0 Å². The molecule has 0 fully saturated rings. The van der Waals surface area contributed by atoms with Crippen LogP contribution in [-0.2, 0) is 0 Å². The van der Waals surface area contributed by atoms with E-state index in [9.17, 15) is 4.39 Å². The van der Waals surface area contributed by atoms with Gasteiger partial charge in [0, 0.05) is 10.0 Å². The minimum Gasteiger partial charge on any atom is -0.306 e. The molecule has 0 saturated carbocycles. The fourth-order valence-electron chi connectivity index (χ4n) is 2.28. The smallest absolute Gasteiger partial charge is 0.128 e. The van der Waals surface area contributed by atoms with E-state index in [1.165, 1.54) is 11.6 Å². The van der Waals surface area contributed by atoms with Crippen molar-refractivity contribution in [2.24, 2.45) is 0 Å². The van der Waals surface area contributed by atoms with Gasteiger partial charge in [-0.25, -0.2) is 4.39 Å². The monoisotopic (exact) mass is 335 g/mol. The van der Waals surface area contributed by atoms with Crippen LogP contribution in [0.4, 0.5) is 4.39 Å². The maximum atomic E-state index is 14.2. The molecule has 2 aromatic carbocycles. The molecule has 1 atom stereocenters. The Bertz CT molecular complexity index is 610. The predicted molar refractivity (Wildman–Crippen MR) is 85.5 cm³/mol. The molecule has 0 aliphatic carbocycles. The quantitative estimate of drug-likeness (QED) is 0.837. The highest BCUT2D eigenvalue weighted by Crippen LogP contribution is 2.28. The topological polar surface area (TPSA) is 12.0 Å². The summed E-state index contributed by atoms with van der Waals surface area (Å²) in [5, 5.41) is 3.37. The Morgan fingerprint density at radius 3 is 2.55 bits per heavy atom. The molecule has 0 spiro atoms. The van der Waals surface area contributed by atoms with Crippen LogP contribution >= 0.6 is 15.9 Å². The molecule has 0 radical (unpaired) electrons. The average Bonchev–Trinajstić information content (AvgIpc) is 2.42. The molecule has 2 aromatic rings. The summed E-state index contributed by atoms with van der Waals surface area (Å²) in [6.45, 7) is 6.84. The summed E-state index contributed by atoms with van der Waals surface area (Å²) in [4.78, 5) is 0. The fraction of sp³-hybridized carbons (Fsp3) is 0.294. The average molecular weight is 336 g/mol. The third-order valence-electron chi connectivity index (χ3n) is 3.40. The van der Waals surface area contributed by atoms with Gasteiger partial charge < -0.3 is 5.32 Å². The van der Waals surface area contributed by atoms with Crippen LogP contribution in [0.5, 0.6) is 0 Å². The third-order valence-corrected chi connectivity index (χ3v) is 4.25. The van der Waals surface area contributed by atoms with Gasteiger partial charge in [0.25, 0.3) is 0 Å². The zero-order valence-corrected chi connectivity index (χ0v) is 13.6. The summed E-state index contributed by atoms with van der Waals surface area (Å²) in [6.07, 6.45) is 0.